The van der Waals surface area contributed by atoms with Crippen LogP contribution in [0.5, 0.6) is 0 Å². The number of aliphatic hydroxyl groups is 1. The normalized spacial score (nSPS) is 27.0. The lowest BCUT2D eigenvalue weighted by Crippen LogP contribution is -2.64. The van der Waals surface area contributed by atoms with Gasteiger partial charge in [0.1, 0.15) is 5.78 Å². The van der Waals surface area contributed by atoms with Crippen LogP contribution >= 0.6 is 0 Å². The molecule has 2 rings (SSSR count). The Kier molecular flexibility index (Phi) is 3.54. The number of rotatable bonds is 2. The molecule has 1 aliphatic heterocycles. The van der Waals surface area contributed by atoms with Gasteiger partial charge in [0.2, 0.25) is 0 Å². The molecule has 104 valence electrons. The highest BCUT2D eigenvalue weighted by Crippen LogP contribution is 2.38. The van der Waals surface area contributed by atoms with Gasteiger partial charge in [-0.2, -0.15) is 0 Å². The molecule has 0 saturated carbocycles. The Labute approximate surface area is 115 Å². The first-order chi connectivity index (χ1) is 8.73. The molecule has 3 nitrogen and oxygen atoms in total. The molecule has 2 atom stereocenters. The molecule has 0 amide bonds. The zero-order valence-corrected chi connectivity index (χ0v) is 12.1. The third-order valence-corrected chi connectivity index (χ3v) is 3.86. The number of aliphatic hydroxyl groups excluding tert-OH is 1. The van der Waals surface area contributed by atoms with Crippen LogP contribution in [0.15, 0.2) is 30.3 Å². The third kappa shape index (κ3) is 2.88. The number of hydrogen-bond acceptors (Lipinski definition) is 3. The summed E-state index contributed by atoms with van der Waals surface area (Å²) >= 11 is 0. The van der Waals surface area contributed by atoms with Crippen molar-refractivity contribution in [1.82, 2.24) is 5.32 Å². The lowest BCUT2D eigenvalue weighted by Gasteiger charge is -2.48. The van der Waals surface area contributed by atoms with Gasteiger partial charge in [-0.3, -0.25) is 4.79 Å². The largest absolute Gasteiger partial charge is 0.388 e. The molecule has 19 heavy (non-hydrogen) atoms. The summed E-state index contributed by atoms with van der Waals surface area (Å²) in [6.07, 6.45) is -0.308. The second-order valence-electron chi connectivity index (χ2n) is 6.71. The summed E-state index contributed by atoms with van der Waals surface area (Å²) < 4.78 is 0. The number of carbonyl (C=O) groups excluding carboxylic acids is 1. The van der Waals surface area contributed by atoms with E-state index in [1.54, 1.807) is 0 Å². The van der Waals surface area contributed by atoms with Crippen LogP contribution < -0.4 is 5.32 Å². The molecule has 3 heteroatoms. The minimum absolute atomic E-state index is 0.130. The Morgan fingerprint density at radius 2 is 1.79 bits per heavy atom. The molecule has 1 aromatic rings. The molecule has 0 spiro atoms. The van der Waals surface area contributed by atoms with Crippen LogP contribution in [0.25, 0.3) is 0 Å². The minimum Gasteiger partial charge on any atom is -0.388 e. The number of carbonyl (C=O) groups is 1. The van der Waals surface area contributed by atoms with Crippen molar-refractivity contribution < 1.29 is 9.90 Å². The van der Waals surface area contributed by atoms with Gasteiger partial charge in [0.05, 0.1) is 12.0 Å². The highest BCUT2D eigenvalue weighted by molar-refractivity contribution is 5.85. The van der Waals surface area contributed by atoms with E-state index < -0.39 is 17.6 Å². The summed E-state index contributed by atoms with van der Waals surface area (Å²) in [6, 6.07) is 9.42. The topological polar surface area (TPSA) is 49.3 Å². The second-order valence-corrected chi connectivity index (χ2v) is 6.71. The van der Waals surface area contributed by atoms with Crippen molar-refractivity contribution in [2.24, 2.45) is 5.92 Å². The molecule has 1 aromatic carbocycles. The molecule has 1 fully saturated rings. The SMILES string of the molecule is CC1(C)CC(=O)[C@H]([C@H](O)c2ccccc2)C(C)(C)N1. The predicted octanol–water partition coefficient (Wildman–Crippen LogP) is 2.46. The molecular weight excluding hydrogens is 238 g/mol. The van der Waals surface area contributed by atoms with E-state index in [0.29, 0.717) is 6.42 Å². The van der Waals surface area contributed by atoms with Crippen molar-refractivity contribution in [2.75, 3.05) is 0 Å². The predicted molar refractivity (Wildman–Crippen MR) is 75.8 cm³/mol. The summed E-state index contributed by atoms with van der Waals surface area (Å²) in [6.45, 7) is 8.03. The molecular formula is C16H23NO2. The van der Waals surface area contributed by atoms with E-state index in [1.807, 2.05) is 58.0 Å². The molecule has 2 N–H and O–H groups in total. The number of nitrogens with one attached hydrogen (secondary N) is 1. The highest BCUT2D eigenvalue weighted by atomic mass is 16.3. The summed E-state index contributed by atoms with van der Waals surface area (Å²) in [5.74, 6) is -0.284. The van der Waals surface area contributed by atoms with E-state index in [2.05, 4.69) is 5.32 Å². The van der Waals surface area contributed by atoms with Gasteiger partial charge in [-0.15, -0.1) is 0 Å². The summed E-state index contributed by atoms with van der Waals surface area (Å²) in [4.78, 5) is 12.4. The Balaban J connectivity index is 2.31. The average Bonchev–Trinajstić information content (AvgIpc) is 2.25. The number of ketones is 1. The maximum Gasteiger partial charge on any atom is 0.142 e. The number of hydrogen-bond donors (Lipinski definition) is 2. The van der Waals surface area contributed by atoms with E-state index in [0.717, 1.165) is 5.56 Å². The van der Waals surface area contributed by atoms with Gasteiger partial charge in [0.15, 0.2) is 0 Å². The molecule has 0 bridgehead atoms. The zero-order chi connectivity index (χ0) is 14.3. The first-order valence-corrected chi connectivity index (χ1v) is 6.78. The molecule has 0 aromatic heterocycles. The minimum atomic E-state index is -0.757. The maximum atomic E-state index is 12.4. The van der Waals surface area contributed by atoms with Crippen molar-refractivity contribution in [3.8, 4) is 0 Å². The highest BCUT2D eigenvalue weighted by Gasteiger charge is 2.48. The van der Waals surface area contributed by atoms with Gasteiger partial charge in [0, 0.05) is 17.5 Å². The van der Waals surface area contributed by atoms with Crippen LogP contribution in [-0.2, 0) is 4.79 Å². The van der Waals surface area contributed by atoms with Crippen molar-refractivity contribution in [3.63, 3.8) is 0 Å². The van der Waals surface area contributed by atoms with E-state index >= 15 is 0 Å². The number of piperidine rings is 1. The van der Waals surface area contributed by atoms with Gasteiger partial charge < -0.3 is 10.4 Å². The first kappa shape index (κ1) is 14.2. The molecule has 0 radical (unpaired) electrons. The van der Waals surface area contributed by atoms with Crippen molar-refractivity contribution >= 4 is 5.78 Å². The van der Waals surface area contributed by atoms with E-state index in [4.69, 9.17) is 0 Å². The van der Waals surface area contributed by atoms with Crippen molar-refractivity contribution in [1.29, 1.82) is 0 Å². The standard InChI is InChI=1S/C16H23NO2/c1-15(2)10-12(18)13(16(3,4)17-15)14(19)11-8-6-5-7-9-11/h5-9,13-14,17,19H,10H2,1-4H3/t13-,14-/m1/s1. The Bertz CT molecular complexity index is 465. The van der Waals surface area contributed by atoms with Crippen LogP contribution in [-0.4, -0.2) is 22.0 Å². The van der Waals surface area contributed by atoms with Gasteiger partial charge in [0.25, 0.3) is 0 Å². The average molecular weight is 261 g/mol. The number of Topliss-reactive ketones (excluding diaryl/α,β-unsaturated/α-hetero) is 1. The van der Waals surface area contributed by atoms with Crippen LogP contribution in [0.2, 0.25) is 0 Å². The molecule has 1 aliphatic rings. The van der Waals surface area contributed by atoms with Crippen molar-refractivity contribution in [3.05, 3.63) is 35.9 Å². The second kappa shape index (κ2) is 4.73. The number of benzene rings is 1. The van der Waals surface area contributed by atoms with Crippen LogP contribution in [0.3, 0.4) is 0 Å². The lowest BCUT2D eigenvalue weighted by atomic mass is 9.70. The third-order valence-electron chi connectivity index (χ3n) is 3.86. The van der Waals surface area contributed by atoms with E-state index in [-0.39, 0.29) is 11.3 Å². The Hall–Kier alpha value is -1.19. The summed E-state index contributed by atoms with van der Waals surface area (Å²) in [5.41, 5.74) is 0.164. The lowest BCUT2D eigenvalue weighted by molar-refractivity contribution is -0.136. The maximum absolute atomic E-state index is 12.4. The van der Waals surface area contributed by atoms with Gasteiger partial charge in [-0.05, 0) is 33.3 Å². The smallest absolute Gasteiger partial charge is 0.142 e. The molecule has 1 saturated heterocycles. The Morgan fingerprint density at radius 3 is 2.32 bits per heavy atom. The molecule has 0 aliphatic carbocycles. The quantitative estimate of drug-likeness (QED) is 0.859. The van der Waals surface area contributed by atoms with Crippen LogP contribution in [0.1, 0.15) is 45.8 Å². The van der Waals surface area contributed by atoms with Gasteiger partial charge in [-0.1, -0.05) is 30.3 Å². The van der Waals surface area contributed by atoms with E-state index in [9.17, 15) is 9.90 Å². The van der Waals surface area contributed by atoms with Crippen LogP contribution in [0.4, 0.5) is 0 Å². The van der Waals surface area contributed by atoms with E-state index in [1.165, 1.54) is 0 Å². The monoisotopic (exact) mass is 261 g/mol. The Morgan fingerprint density at radius 1 is 1.21 bits per heavy atom. The fourth-order valence-corrected chi connectivity index (χ4v) is 3.36. The molecule has 1 heterocycles. The summed E-state index contributed by atoms with van der Waals surface area (Å²) in [5, 5.41) is 14.0. The summed E-state index contributed by atoms with van der Waals surface area (Å²) in [7, 11) is 0. The molecule has 0 unspecified atom stereocenters. The van der Waals surface area contributed by atoms with Gasteiger partial charge >= 0.3 is 0 Å². The zero-order valence-electron chi connectivity index (χ0n) is 12.1. The fourth-order valence-electron chi connectivity index (χ4n) is 3.36. The van der Waals surface area contributed by atoms with Crippen LogP contribution in [0, 0.1) is 5.92 Å². The van der Waals surface area contributed by atoms with Crippen molar-refractivity contribution in [2.45, 2.75) is 51.3 Å². The fraction of sp³-hybridized carbons (Fsp3) is 0.562. The first-order valence-electron chi connectivity index (χ1n) is 6.78. The van der Waals surface area contributed by atoms with Gasteiger partial charge in [-0.25, -0.2) is 0 Å².